The summed E-state index contributed by atoms with van der Waals surface area (Å²) in [6.45, 7) is 2.28. The molecule has 0 aromatic carbocycles. The van der Waals surface area contributed by atoms with Crippen LogP contribution in [0, 0.1) is 0 Å². The van der Waals surface area contributed by atoms with Crippen LogP contribution < -0.4 is 0 Å². The van der Waals surface area contributed by atoms with Crippen LogP contribution in [0.25, 0.3) is 0 Å². The van der Waals surface area contributed by atoms with Crippen molar-refractivity contribution in [1.82, 2.24) is 9.80 Å². The van der Waals surface area contributed by atoms with Crippen molar-refractivity contribution in [3.8, 4) is 0 Å². The van der Waals surface area contributed by atoms with E-state index in [0.717, 1.165) is 6.42 Å². The first kappa shape index (κ1) is 13.5. The second-order valence-electron chi connectivity index (χ2n) is 4.19. The van der Waals surface area contributed by atoms with Gasteiger partial charge in [0, 0.05) is 20.0 Å². The standard InChI is InChI=1S/C11H18N2O4/c1-3-8(11(16)17)12(2)10(15)7-13-6-4-5-9(13)14/h8H,3-7H2,1-2H3,(H,16,17). The van der Waals surface area contributed by atoms with Gasteiger partial charge in [-0.15, -0.1) is 0 Å². The van der Waals surface area contributed by atoms with Gasteiger partial charge in [0.05, 0.1) is 6.54 Å². The molecule has 1 atom stereocenters. The molecule has 2 amide bonds. The maximum absolute atomic E-state index is 11.8. The van der Waals surface area contributed by atoms with Crippen molar-refractivity contribution in [2.24, 2.45) is 0 Å². The first-order valence-electron chi connectivity index (χ1n) is 5.73. The summed E-state index contributed by atoms with van der Waals surface area (Å²) in [5, 5.41) is 8.93. The Balaban J connectivity index is 2.57. The molecule has 1 aliphatic rings. The lowest BCUT2D eigenvalue weighted by Gasteiger charge is -2.26. The molecule has 1 N–H and O–H groups in total. The Kier molecular flexibility index (Phi) is 4.48. The Morgan fingerprint density at radius 3 is 2.59 bits per heavy atom. The molecule has 0 aliphatic carbocycles. The molecule has 96 valence electrons. The highest BCUT2D eigenvalue weighted by atomic mass is 16.4. The van der Waals surface area contributed by atoms with Crippen molar-refractivity contribution in [3.63, 3.8) is 0 Å². The molecule has 1 heterocycles. The summed E-state index contributed by atoms with van der Waals surface area (Å²) in [6.07, 6.45) is 1.60. The van der Waals surface area contributed by atoms with Crippen molar-refractivity contribution in [2.75, 3.05) is 20.1 Å². The molecule has 1 saturated heterocycles. The summed E-state index contributed by atoms with van der Waals surface area (Å²) in [6, 6.07) is -0.819. The lowest BCUT2D eigenvalue weighted by atomic mass is 10.2. The summed E-state index contributed by atoms with van der Waals surface area (Å²) >= 11 is 0. The number of nitrogens with zero attached hydrogens (tertiary/aromatic N) is 2. The zero-order valence-corrected chi connectivity index (χ0v) is 10.2. The molecule has 0 spiro atoms. The normalized spacial score (nSPS) is 17.1. The number of aliphatic carboxylic acids is 1. The molecule has 17 heavy (non-hydrogen) atoms. The fourth-order valence-electron chi connectivity index (χ4n) is 1.93. The van der Waals surface area contributed by atoms with Crippen LogP contribution in [0.3, 0.4) is 0 Å². The van der Waals surface area contributed by atoms with E-state index in [1.807, 2.05) is 0 Å². The van der Waals surface area contributed by atoms with Gasteiger partial charge in [-0.2, -0.15) is 0 Å². The van der Waals surface area contributed by atoms with Crippen LogP contribution in [-0.2, 0) is 14.4 Å². The fourth-order valence-corrected chi connectivity index (χ4v) is 1.93. The van der Waals surface area contributed by atoms with E-state index in [1.165, 1.54) is 16.8 Å². The maximum Gasteiger partial charge on any atom is 0.326 e. The zero-order valence-electron chi connectivity index (χ0n) is 10.2. The van der Waals surface area contributed by atoms with Crippen LogP contribution in [0.15, 0.2) is 0 Å². The van der Waals surface area contributed by atoms with Gasteiger partial charge in [-0.3, -0.25) is 9.59 Å². The summed E-state index contributed by atoms with van der Waals surface area (Å²) in [5.41, 5.74) is 0. The topological polar surface area (TPSA) is 77.9 Å². The number of likely N-dealkylation sites (tertiary alicyclic amines) is 1. The van der Waals surface area contributed by atoms with E-state index in [-0.39, 0.29) is 18.4 Å². The van der Waals surface area contributed by atoms with Gasteiger partial charge in [0.1, 0.15) is 6.04 Å². The average molecular weight is 242 g/mol. The number of hydrogen-bond acceptors (Lipinski definition) is 3. The molecule has 1 fully saturated rings. The summed E-state index contributed by atoms with van der Waals surface area (Å²) in [7, 11) is 1.46. The molecule has 0 saturated carbocycles. The third kappa shape index (κ3) is 3.18. The Labute approximate surface area is 100 Å². The van der Waals surface area contributed by atoms with E-state index in [0.29, 0.717) is 19.4 Å². The Hall–Kier alpha value is -1.59. The number of rotatable bonds is 5. The first-order valence-corrected chi connectivity index (χ1v) is 5.73. The molecule has 6 nitrogen and oxygen atoms in total. The van der Waals surface area contributed by atoms with Crippen LogP contribution in [0.5, 0.6) is 0 Å². The lowest BCUT2D eigenvalue weighted by Crippen LogP contribution is -2.46. The molecule has 1 rings (SSSR count). The van der Waals surface area contributed by atoms with E-state index >= 15 is 0 Å². The van der Waals surface area contributed by atoms with Gasteiger partial charge in [0.15, 0.2) is 0 Å². The van der Waals surface area contributed by atoms with Crippen LogP contribution in [0.2, 0.25) is 0 Å². The summed E-state index contributed by atoms with van der Waals surface area (Å²) in [4.78, 5) is 36.7. The number of carboxylic acids is 1. The van der Waals surface area contributed by atoms with Crippen molar-refractivity contribution in [1.29, 1.82) is 0 Å². The predicted octanol–water partition coefficient (Wildman–Crippen LogP) is -0.0696. The summed E-state index contributed by atoms with van der Waals surface area (Å²) in [5.74, 6) is -1.37. The second-order valence-corrected chi connectivity index (χ2v) is 4.19. The third-order valence-electron chi connectivity index (χ3n) is 3.03. The minimum absolute atomic E-state index is 0.0148. The minimum atomic E-state index is -1.02. The second kappa shape index (κ2) is 5.65. The molecule has 0 radical (unpaired) electrons. The fraction of sp³-hybridized carbons (Fsp3) is 0.727. The SMILES string of the molecule is CCC(C(=O)O)N(C)C(=O)CN1CCCC1=O. The van der Waals surface area contributed by atoms with Crippen LogP contribution in [0.4, 0.5) is 0 Å². The van der Waals surface area contributed by atoms with E-state index in [2.05, 4.69) is 0 Å². The maximum atomic E-state index is 11.8. The predicted molar refractivity (Wildman–Crippen MR) is 60.3 cm³/mol. The number of carbonyl (C=O) groups excluding carboxylic acids is 2. The first-order chi connectivity index (χ1) is 7.97. The highest BCUT2D eigenvalue weighted by molar-refractivity contribution is 5.88. The van der Waals surface area contributed by atoms with Crippen molar-refractivity contribution in [2.45, 2.75) is 32.2 Å². The number of amides is 2. The van der Waals surface area contributed by atoms with Gasteiger partial charge in [0.2, 0.25) is 11.8 Å². The van der Waals surface area contributed by atoms with Gasteiger partial charge in [-0.1, -0.05) is 6.92 Å². The molecule has 0 aromatic heterocycles. The minimum Gasteiger partial charge on any atom is -0.480 e. The van der Waals surface area contributed by atoms with Gasteiger partial charge < -0.3 is 14.9 Å². The molecule has 1 unspecified atom stereocenters. The summed E-state index contributed by atoms with van der Waals surface area (Å²) < 4.78 is 0. The smallest absolute Gasteiger partial charge is 0.326 e. The lowest BCUT2D eigenvalue weighted by molar-refractivity contribution is -0.150. The van der Waals surface area contributed by atoms with Crippen LogP contribution in [-0.4, -0.2) is 58.9 Å². The quantitative estimate of drug-likeness (QED) is 0.732. The van der Waals surface area contributed by atoms with Crippen molar-refractivity contribution in [3.05, 3.63) is 0 Å². The van der Waals surface area contributed by atoms with Crippen molar-refractivity contribution < 1.29 is 19.5 Å². The van der Waals surface area contributed by atoms with Crippen LogP contribution in [0.1, 0.15) is 26.2 Å². The van der Waals surface area contributed by atoms with E-state index < -0.39 is 12.0 Å². The number of carboxylic acid groups (broad SMARTS) is 1. The average Bonchev–Trinajstić information content (AvgIpc) is 2.64. The monoisotopic (exact) mass is 242 g/mol. The molecular weight excluding hydrogens is 224 g/mol. The number of hydrogen-bond donors (Lipinski definition) is 1. The van der Waals surface area contributed by atoms with E-state index in [4.69, 9.17) is 5.11 Å². The van der Waals surface area contributed by atoms with Gasteiger partial charge in [-0.25, -0.2) is 4.79 Å². The highest BCUT2D eigenvalue weighted by Crippen LogP contribution is 2.10. The van der Waals surface area contributed by atoms with Gasteiger partial charge in [0.25, 0.3) is 0 Å². The Morgan fingerprint density at radius 2 is 2.18 bits per heavy atom. The molecular formula is C11H18N2O4. The van der Waals surface area contributed by atoms with E-state index in [9.17, 15) is 14.4 Å². The number of carbonyl (C=O) groups is 3. The highest BCUT2D eigenvalue weighted by Gasteiger charge is 2.28. The number of likely N-dealkylation sites (N-methyl/N-ethyl adjacent to an activating group) is 1. The molecule has 0 bridgehead atoms. The Bertz CT molecular complexity index is 329. The molecule has 1 aliphatic heterocycles. The third-order valence-corrected chi connectivity index (χ3v) is 3.03. The zero-order chi connectivity index (χ0) is 13.0. The van der Waals surface area contributed by atoms with Crippen LogP contribution >= 0.6 is 0 Å². The molecule has 0 aromatic rings. The Morgan fingerprint density at radius 1 is 1.53 bits per heavy atom. The van der Waals surface area contributed by atoms with Gasteiger partial charge >= 0.3 is 5.97 Å². The van der Waals surface area contributed by atoms with Gasteiger partial charge in [-0.05, 0) is 12.8 Å². The largest absolute Gasteiger partial charge is 0.480 e. The van der Waals surface area contributed by atoms with Crippen molar-refractivity contribution >= 4 is 17.8 Å². The van der Waals surface area contributed by atoms with E-state index in [1.54, 1.807) is 6.92 Å². The molecule has 6 heteroatoms.